The number of rotatable bonds is 6. The van der Waals surface area contributed by atoms with Crippen LogP contribution in [-0.2, 0) is 11.2 Å². The van der Waals surface area contributed by atoms with Gasteiger partial charge in [0.05, 0.1) is 12.3 Å². The van der Waals surface area contributed by atoms with Gasteiger partial charge in [-0.05, 0) is 60.7 Å². The second-order valence-electron chi connectivity index (χ2n) is 5.82. The zero-order valence-electron chi connectivity index (χ0n) is 14.2. The number of benzene rings is 2. The van der Waals surface area contributed by atoms with Crippen molar-refractivity contribution in [3.05, 3.63) is 45.5 Å². The summed E-state index contributed by atoms with van der Waals surface area (Å²) < 4.78 is 18.0. The molecule has 2 aromatic rings. The number of ether oxygens (including phenoxy) is 3. The van der Waals surface area contributed by atoms with E-state index in [0.717, 1.165) is 21.3 Å². The summed E-state index contributed by atoms with van der Waals surface area (Å²) in [7, 11) is 0. The largest absolute Gasteiger partial charge is 0.492 e. The van der Waals surface area contributed by atoms with Gasteiger partial charge in [0.2, 0.25) is 0 Å². The van der Waals surface area contributed by atoms with E-state index in [1.807, 2.05) is 50.2 Å². The molecule has 132 valence electrons. The molecule has 1 unspecified atom stereocenters. The van der Waals surface area contributed by atoms with Gasteiger partial charge in [0.15, 0.2) is 6.61 Å². The molecule has 5 nitrogen and oxygen atoms in total. The van der Waals surface area contributed by atoms with Crippen LogP contribution in [0.5, 0.6) is 17.2 Å². The Morgan fingerprint density at radius 3 is 2.92 bits per heavy atom. The van der Waals surface area contributed by atoms with Crippen molar-refractivity contribution in [2.45, 2.75) is 26.4 Å². The lowest BCUT2D eigenvalue weighted by molar-refractivity contribution is -0.118. The second-order valence-corrected chi connectivity index (χ2v) is 7.06. The molecule has 3 rings (SSSR count). The van der Waals surface area contributed by atoms with Gasteiger partial charge in [0.1, 0.15) is 23.4 Å². The first kappa shape index (κ1) is 17.8. The number of hydrogen-bond acceptors (Lipinski definition) is 4. The predicted octanol–water partition coefficient (Wildman–Crippen LogP) is 4.03. The summed E-state index contributed by atoms with van der Waals surface area (Å²) >= 11 is 2.20. The highest BCUT2D eigenvalue weighted by Crippen LogP contribution is 2.38. The normalized spacial score (nSPS) is 15.2. The molecule has 1 amide bonds. The van der Waals surface area contributed by atoms with E-state index in [4.69, 9.17) is 14.2 Å². The number of carbonyl (C=O) groups is 1. The van der Waals surface area contributed by atoms with E-state index in [2.05, 4.69) is 27.9 Å². The molecular formula is C19H20INO4. The number of carbonyl (C=O) groups excluding carboxylic acids is 1. The Bertz CT molecular complexity index is 778. The van der Waals surface area contributed by atoms with Crippen LogP contribution in [0.25, 0.3) is 0 Å². The van der Waals surface area contributed by atoms with Crippen LogP contribution in [0.1, 0.15) is 19.4 Å². The van der Waals surface area contributed by atoms with E-state index in [-0.39, 0.29) is 18.6 Å². The molecule has 0 saturated heterocycles. The monoisotopic (exact) mass is 453 g/mol. The molecule has 6 heteroatoms. The molecule has 25 heavy (non-hydrogen) atoms. The molecule has 0 fully saturated rings. The van der Waals surface area contributed by atoms with E-state index in [0.29, 0.717) is 23.8 Å². The number of fused-ring (bicyclic) bond motifs is 1. The number of anilines is 1. The molecule has 2 aromatic carbocycles. The zero-order valence-corrected chi connectivity index (χ0v) is 16.3. The van der Waals surface area contributed by atoms with Gasteiger partial charge >= 0.3 is 0 Å². The lowest BCUT2D eigenvalue weighted by atomic mass is 10.1. The molecule has 0 aliphatic carbocycles. The lowest BCUT2D eigenvalue weighted by Crippen LogP contribution is -2.20. The summed E-state index contributed by atoms with van der Waals surface area (Å²) in [4.78, 5) is 12.3. The van der Waals surface area contributed by atoms with Gasteiger partial charge in [-0.25, -0.2) is 0 Å². The van der Waals surface area contributed by atoms with Gasteiger partial charge in [-0.3, -0.25) is 4.79 Å². The van der Waals surface area contributed by atoms with Gasteiger partial charge in [0.25, 0.3) is 5.91 Å². The Kier molecular flexibility index (Phi) is 5.67. The SMILES string of the molecule is CCOc1cc2c(cc1NC(=O)COc1cccc(I)c1)OC(C)C2. The highest BCUT2D eigenvalue weighted by Gasteiger charge is 2.22. The first-order chi connectivity index (χ1) is 12.0. The molecule has 1 aliphatic heterocycles. The fraction of sp³-hybridized carbons (Fsp3) is 0.316. The summed E-state index contributed by atoms with van der Waals surface area (Å²) in [5, 5.41) is 2.85. The van der Waals surface area contributed by atoms with Crippen molar-refractivity contribution in [1.82, 2.24) is 0 Å². The fourth-order valence-electron chi connectivity index (χ4n) is 2.70. The van der Waals surface area contributed by atoms with Crippen LogP contribution in [0.4, 0.5) is 5.69 Å². The molecule has 0 saturated carbocycles. The third-order valence-corrected chi connectivity index (χ3v) is 4.41. The predicted molar refractivity (Wildman–Crippen MR) is 105 cm³/mol. The van der Waals surface area contributed by atoms with Crippen LogP contribution >= 0.6 is 22.6 Å². The highest BCUT2D eigenvalue weighted by molar-refractivity contribution is 14.1. The van der Waals surface area contributed by atoms with E-state index < -0.39 is 0 Å². The van der Waals surface area contributed by atoms with Gasteiger partial charge < -0.3 is 19.5 Å². The molecule has 1 heterocycles. The molecule has 0 aromatic heterocycles. The van der Waals surface area contributed by atoms with Crippen molar-refractivity contribution in [3.63, 3.8) is 0 Å². The van der Waals surface area contributed by atoms with Crippen LogP contribution in [0.15, 0.2) is 36.4 Å². The maximum Gasteiger partial charge on any atom is 0.262 e. The number of nitrogens with one attached hydrogen (secondary N) is 1. The van der Waals surface area contributed by atoms with Crippen LogP contribution in [0, 0.1) is 3.57 Å². The van der Waals surface area contributed by atoms with Crippen molar-refractivity contribution in [2.24, 2.45) is 0 Å². The zero-order chi connectivity index (χ0) is 17.8. The minimum atomic E-state index is -0.245. The van der Waals surface area contributed by atoms with Crippen molar-refractivity contribution in [1.29, 1.82) is 0 Å². The summed E-state index contributed by atoms with van der Waals surface area (Å²) in [6.45, 7) is 4.39. The molecule has 0 bridgehead atoms. The van der Waals surface area contributed by atoms with Crippen molar-refractivity contribution >= 4 is 34.2 Å². The van der Waals surface area contributed by atoms with E-state index >= 15 is 0 Å². The van der Waals surface area contributed by atoms with Gasteiger partial charge in [0, 0.05) is 21.6 Å². The van der Waals surface area contributed by atoms with Gasteiger partial charge in [-0.15, -0.1) is 0 Å². The van der Waals surface area contributed by atoms with Crippen molar-refractivity contribution in [2.75, 3.05) is 18.5 Å². The van der Waals surface area contributed by atoms with Crippen molar-refractivity contribution < 1.29 is 19.0 Å². The third kappa shape index (κ3) is 4.56. The van der Waals surface area contributed by atoms with Gasteiger partial charge in [-0.1, -0.05) is 6.07 Å². The van der Waals surface area contributed by atoms with Crippen LogP contribution < -0.4 is 19.5 Å². The fourth-order valence-corrected chi connectivity index (χ4v) is 3.22. The smallest absolute Gasteiger partial charge is 0.262 e. The topological polar surface area (TPSA) is 56.8 Å². The number of hydrogen-bond donors (Lipinski definition) is 1. The minimum absolute atomic E-state index is 0.0694. The molecule has 0 spiro atoms. The summed E-state index contributed by atoms with van der Waals surface area (Å²) in [6, 6.07) is 11.3. The third-order valence-electron chi connectivity index (χ3n) is 3.74. The maximum absolute atomic E-state index is 12.3. The Labute approximate surface area is 160 Å². The van der Waals surface area contributed by atoms with E-state index in [1.165, 1.54) is 0 Å². The molecule has 1 atom stereocenters. The minimum Gasteiger partial charge on any atom is -0.492 e. The Morgan fingerprint density at radius 1 is 1.32 bits per heavy atom. The Morgan fingerprint density at radius 2 is 2.16 bits per heavy atom. The second kappa shape index (κ2) is 7.95. The summed E-state index contributed by atoms with van der Waals surface area (Å²) in [5.41, 5.74) is 1.70. The molecular weight excluding hydrogens is 433 g/mol. The molecule has 1 aliphatic rings. The molecule has 0 radical (unpaired) electrons. The van der Waals surface area contributed by atoms with Crippen molar-refractivity contribution in [3.8, 4) is 17.2 Å². The average Bonchev–Trinajstić information content (AvgIpc) is 2.92. The highest BCUT2D eigenvalue weighted by atomic mass is 127. The maximum atomic E-state index is 12.3. The average molecular weight is 453 g/mol. The van der Waals surface area contributed by atoms with E-state index in [1.54, 1.807) is 0 Å². The first-order valence-electron chi connectivity index (χ1n) is 8.19. The standard InChI is InChI=1S/C19H20INO4/c1-3-23-18-8-13-7-12(2)25-17(13)10-16(18)21-19(22)11-24-15-6-4-5-14(20)9-15/h4-6,8-10,12H,3,7,11H2,1-2H3,(H,21,22). The lowest BCUT2D eigenvalue weighted by Gasteiger charge is -2.14. The van der Waals surface area contributed by atoms with Crippen LogP contribution in [0.2, 0.25) is 0 Å². The first-order valence-corrected chi connectivity index (χ1v) is 9.27. The van der Waals surface area contributed by atoms with Crippen LogP contribution in [0.3, 0.4) is 0 Å². The molecule has 1 N–H and O–H groups in total. The number of halogens is 1. The summed E-state index contributed by atoms with van der Waals surface area (Å²) in [5.74, 6) is 1.87. The quantitative estimate of drug-likeness (QED) is 0.672. The summed E-state index contributed by atoms with van der Waals surface area (Å²) in [6.07, 6.45) is 0.985. The number of amides is 1. The van der Waals surface area contributed by atoms with Crippen LogP contribution in [-0.4, -0.2) is 25.2 Å². The van der Waals surface area contributed by atoms with Gasteiger partial charge in [-0.2, -0.15) is 0 Å². The van der Waals surface area contributed by atoms with E-state index in [9.17, 15) is 4.79 Å². The Balaban J connectivity index is 1.69. The Hall–Kier alpha value is -1.96.